The van der Waals surface area contributed by atoms with Crippen LogP contribution in [0.5, 0.6) is 5.75 Å². The third-order valence-electron chi connectivity index (χ3n) is 2.95. The normalized spacial score (nSPS) is 10.0. The SMILES string of the molecule is Cc1ccc(OCNC(=O)Nc2ccc(C)cc2N)cc1. The van der Waals surface area contributed by atoms with Crippen LogP contribution in [0.3, 0.4) is 0 Å². The number of aryl methyl sites for hydroxylation is 2. The van der Waals surface area contributed by atoms with Crippen LogP contribution in [0.25, 0.3) is 0 Å². The van der Waals surface area contributed by atoms with Crippen molar-refractivity contribution in [2.45, 2.75) is 13.8 Å². The van der Waals surface area contributed by atoms with E-state index in [1.54, 1.807) is 12.1 Å². The van der Waals surface area contributed by atoms with Crippen molar-refractivity contribution in [1.82, 2.24) is 5.32 Å². The predicted octanol–water partition coefficient (Wildman–Crippen LogP) is 3.04. The molecule has 21 heavy (non-hydrogen) atoms. The smallest absolute Gasteiger partial charge is 0.321 e. The van der Waals surface area contributed by atoms with Gasteiger partial charge in [0.1, 0.15) is 5.75 Å². The van der Waals surface area contributed by atoms with Gasteiger partial charge in [-0.05, 0) is 43.7 Å². The molecule has 0 atom stereocenters. The Hall–Kier alpha value is -2.69. The zero-order chi connectivity index (χ0) is 15.2. The predicted molar refractivity (Wildman–Crippen MR) is 84.4 cm³/mol. The Morgan fingerprint density at radius 3 is 2.43 bits per heavy atom. The Kier molecular flexibility index (Phi) is 4.66. The monoisotopic (exact) mass is 285 g/mol. The van der Waals surface area contributed by atoms with E-state index in [0.29, 0.717) is 17.1 Å². The average molecular weight is 285 g/mol. The Balaban J connectivity index is 1.81. The lowest BCUT2D eigenvalue weighted by Gasteiger charge is -2.11. The van der Waals surface area contributed by atoms with E-state index in [1.807, 2.05) is 44.2 Å². The van der Waals surface area contributed by atoms with Crippen molar-refractivity contribution in [2.75, 3.05) is 17.8 Å². The maximum Gasteiger partial charge on any atom is 0.321 e. The zero-order valence-corrected chi connectivity index (χ0v) is 12.1. The van der Waals surface area contributed by atoms with Gasteiger partial charge >= 0.3 is 6.03 Å². The summed E-state index contributed by atoms with van der Waals surface area (Å²) in [6.07, 6.45) is 0. The molecule has 2 aromatic rings. The summed E-state index contributed by atoms with van der Waals surface area (Å²) in [5.74, 6) is 0.704. The van der Waals surface area contributed by atoms with Gasteiger partial charge in [0, 0.05) is 0 Å². The quantitative estimate of drug-likeness (QED) is 0.597. The van der Waals surface area contributed by atoms with Crippen molar-refractivity contribution in [2.24, 2.45) is 0 Å². The molecule has 0 aromatic heterocycles. The van der Waals surface area contributed by atoms with Gasteiger partial charge in [-0.2, -0.15) is 0 Å². The second-order valence-electron chi connectivity index (χ2n) is 4.82. The maximum absolute atomic E-state index is 11.7. The number of nitrogens with two attached hydrogens (primary N) is 1. The van der Waals surface area contributed by atoms with E-state index in [2.05, 4.69) is 10.6 Å². The van der Waals surface area contributed by atoms with Crippen molar-refractivity contribution < 1.29 is 9.53 Å². The number of benzene rings is 2. The molecular weight excluding hydrogens is 266 g/mol. The third-order valence-corrected chi connectivity index (χ3v) is 2.95. The summed E-state index contributed by atoms with van der Waals surface area (Å²) >= 11 is 0. The fraction of sp³-hybridized carbons (Fsp3) is 0.188. The largest absolute Gasteiger partial charge is 0.473 e. The Morgan fingerprint density at radius 2 is 1.76 bits per heavy atom. The number of carbonyl (C=O) groups is 1. The van der Waals surface area contributed by atoms with Crippen molar-refractivity contribution in [3.8, 4) is 5.75 Å². The molecule has 2 aromatic carbocycles. The molecule has 4 N–H and O–H groups in total. The van der Waals surface area contributed by atoms with Gasteiger partial charge in [0.05, 0.1) is 11.4 Å². The van der Waals surface area contributed by atoms with Gasteiger partial charge in [0.15, 0.2) is 6.73 Å². The molecule has 0 saturated heterocycles. The number of carbonyl (C=O) groups excluding carboxylic acids is 1. The Bertz CT molecular complexity index is 624. The number of hydrogen-bond donors (Lipinski definition) is 3. The Morgan fingerprint density at radius 1 is 1.10 bits per heavy atom. The van der Waals surface area contributed by atoms with Crippen LogP contribution in [-0.4, -0.2) is 12.8 Å². The minimum atomic E-state index is -0.363. The molecule has 0 heterocycles. The van der Waals surface area contributed by atoms with Crippen LogP contribution >= 0.6 is 0 Å². The molecule has 0 bridgehead atoms. The number of ether oxygens (including phenoxy) is 1. The summed E-state index contributed by atoms with van der Waals surface area (Å²) < 4.78 is 5.42. The van der Waals surface area contributed by atoms with Gasteiger partial charge in [-0.15, -0.1) is 0 Å². The minimum absolute atomic E-state index is 0.0840. The standard InChI is InChI=1S/C16H19N3O2/c1-11-3-6-13(7-4-11)21-10-18-16(20)19-15-8-5-12(2)9-14(15)17/h3-9H,10,17H2,1-2H3,(H2,18,19,20). The number of rotatable bonds is 4. The van der Waals surface area contributed by atoms with Crippen LogP contribution in [0.15, 0.2) is 42.5 Å². The molecule has 0 spiro atoms. The lowest BCUT2D eigenvalue weighted by atomic mass is 10.2. The van der Waals surface area contributed by atoms with E-state index in [1.165, 1.54) is 0 Å². The van der Waals surface area contributed by atoms with E-state index in [9.17, 15) is 4.79 Å². The number of amides is 2. The van der Waals surface area contributed by atoms with Crippen LogP contribution < -0.4 is 21.1 Å². The van der Waals surface area contributed by atoms with Gasteiger partial charge in [-0.25, -0.2) is 4.79 Å². The Labute approximate surface area is 124 Å². The van der Waals surface area contributed by atoms with Crippen LogP contribution in [0.2, 0.25) is 0 Å². The molecule has 0 aliphatic carbocycles. The number of urea groups is 1. The lowest BCUT2D eigenvalue weighted by Crippen LogP contribution is -2.32. The summed E-state index contributed by atoms with van der Waals surface area (Å²) in [5, 5.41) is 5.29. The second-order valence-corrected chi connectivity index (χ2v) is 4.82. The molecular formula is C16H19N3O2. The highest BCUT2D eigenvalue weighted by molar-refractivity contribution is 5.92. The van der Waals surface area contributed by atoms with Crippen LogP contribution in [0.4, 0.5) is 16.2 Å². The van der Waals surface area contributed by atoms with Gasteiger partial charge in [0.2, 0.25) is 0 Å². The molecule has 0 radical (unpaired) electrons. The first kappa shape index (κ1) is 14.7. The van der Waals surface area contributed by atoms with E-state index in [-0.39, 0.29) is 12.8 Å². The van der Waals surface area contributed by atoms with E-state index in [4.69, 9.17) is 10.5 Å². The summed E-state index contributed by atoms with van der Waals surface area (Å²) in [5.41, 5.74) is 9.14. The molecule has 2 rings (SSSR count). The molecule has 5 heteroatoms. The van der Waals surface area contributed by atoms with E-state index < -0.39 is 0 Å². The first-order valence-corrected chi connectivity index (χ1v) is 6.65. The first-order chi connectivity index (χ1) is 10.0. The van der Waals surface area contributed by atoms with Crippen molar-refractivity contribution in [1.29, 1.82) is 0 Å². The topological polar surface area (TPSA) is 76.4 Å². The van der Waals surface area contributed by atoms with Crippen LogP contribution in [0.1, 0.15) is 11.1 Å². The first-order valence-electron chi connectivity index (χ1n) is 6.65. The highest BCUT2D eigenvalue weighted by Crippen LogP contribution is 2.19. The van der Waals surface area contributed by atoms with Crippen molar-refractivity contribution >= 4 is 17.4 Å². The highest BCUT2D eigenvalue weighted by Gasteiger charge is 2.04. The van der Waals surface area contributed by atoms with Crippen LogP contribution in [-0.2, 0) is 0 Å². The molecule has 0 aliphatic rings. The van der Waals surface area contributed by atoms with E-state index >= 15 is 0 Å². The molecule has 110 valence electrons. The fourth-order valence-corrected chi connectivity index (χ4v) is 1.78. The molecule has 0 saturated carbocycles. The number of hydrogen-bond acceptors (Lipinski definition) is 3. The van der Waals surface area contributed by atoms with Crippen molar-refractivity contribution in [3.05, 3.63) is 53.6 Å². The molecule has 5 nitrogen and oxygen atoms in total. The van der Waals surface area contributed by atoms with Gasteiger partial charge in [-0.1, -0.05) is 23.8 Å². The molecule has 0 aliphatic heterocycles. The second kappa shape index (κ2) is 6.65. The zero-order valence-electron chi connectivity index (χ0n) is 12.1. The lowest BCUT2D eigenvalue weighted by molar-refractivity contribution is 0.234. The average Bonchev–Trinajstić information content (AvgIpc) is 2.44. The van der Waals surface area contributed by atoms with Gasteiger partial charge in [-0.3, -0.25) is 0 Å². The van der Waals surface area contributed by atoms with Crippen LogP contribution in [0, 0.1) is 13.8 Å². The number of nitrogen functional groups attached to an aromatic ring is 1. The van der Waals surface area contributed by atoms with Crippen molar-refractivity contribution in [3.63, 3.8) is 0 Å². The molecule has 2 amide bonds. The highest BCUT2D eigenvalue weighted by atomic mass is 16.5. The maximum atomic E-state index is 11.7. The van der Waals surface area contributed by atoms with E-state index in [0.717, 1.165) is 11.1 Å². The summed E-state index contributed by atoms with van der Waals surface area (Å²) in [4.78, 5) is 11.7. The number of nitrogens with one attached hydrogen (secondary N) is 2. The summed E-state index contributed by atoms with van der Waals surface area (Å²) in [6.45, 7) is 4.03. The fourth-order valence-electron chi connectivity index (χ4n) is 1.78. The van der Waals surface area contributed by atoms with Gasteiger partial charge < -0.3 is 21.1 Å². The summed E-state index contributed by atoms with van der Waals surface area (Å²) in [6, 6.07) is 12.7. The molecule has 0 unspecified atom stereocenters. The minimum Gasteiger partial charge on any atom is -0.473 e. The summed E-state index contributed by atoms with van der Waals surface area (Å²) in [7, 11) is 0. The molecule has 0 fully saturated rings. The number of anilines is 2. The third kappa shape index (κ3) is 4.42. The van der Waals surface area contributed by atoms with Gasteiger partial charge in [0.25, 0.3) is 0 Å².